The van der Waals surface area contributed by atoms with Crippen molar-refractivity contribution in [2.45, 2.75) is 37.2 Å². The Hall–Kier alpha value is -1.89. The van der Waals surface area contributed by atoms with Crippen molar-refractivity contribution in [1.82, 2.24) is 4.72 Å². The maximum atomic E-state index is 12.6. The molecule has 1 atom stereocenters. The number of rotatable bonds is 6. The number of fused-ring (bicyclic) bond motifs is 1. The summed E-state index contributed by atoms with van der Waals surface area (Å²) in [6.45, 7) is 4.17. The van der Waals surface area contributed by atoms with E-state index in [0.29, 0.717) is 18.8 Å². The van der Waals surface area contributed by atoms with Gasteiger partial charge in [-0.05, 0) is 61.6 Å². The SMILES string of the molecule is CCOc1ccc(S(=O)(=O)NCC2(O)CCc3ccccc32)cc1C. The number of hydrogen-bond acceptors (Lipinski definition) is 4. The number of ether oxygens (including phenoxy) is 1. The van der Waals surface area contributed by atoms with E-state index in [4.69, 9.17) is 4.74 Å². The van der Waals surface area contributed by atoms with E-state index in [2.05, 4.69) is 4.72 Å². The zero-order valence-corrected chi connectivity index (χ0v) is 15.3. The molecule has 0 spiro atoms. The van der Waals surface area contributed by atoms with Crippen molar-refractivity contribution >= 4 is 10.0 Å². The molecule has 134 valence electrons. The van der Waals surface area contributed by atoms with Crippen LogP contribution in [0, 0.1) is 6.92 Å². The first kappa shape index (κ1) is 17.9. The molecule has 2 aromatic rings. The Balaban J connectivity index is 1.78. The third-order valence-corrected chi connectivity index (χ3v) is 6.04. The Kier molecular flexibility index (Phi) is 4.86. The minimum absolute atomic E-state index is 0.0430. The lowest BCUT2D eigenvalue weighted by molar-refractivity contribution is 0.0442. The summed E-state index contributed by atoms with van der Waals surface area (Å²) in [7, 11) is -3.71. The highest BCUT2D eigenvalue weighted by Crippen LogP contribution is 2.36. The molecule has 2 N–H and O–H groups in total. The van der Waals surface area contributed by atoms with Crippen molar-refractivity contribution < 1.29 is 18.3 Å². The summed E-state index contributed by atoms with van der Waals surface area (Å²) in [6, 6.07) is 12.4. The predicted octanol–water partition coefficient (Wildman–Crippen LogP) is 2.51. The van der Waals surface area contributed by atoms with Crippen LogP contribution in [0.4, 0.5) is 0 Å². The van der Waals surface area contributed by atoms with E-state index in [1.165, 1.54) is 6.07 Å². The third-order valence-electron chi connectivity index (χ3n) is 4.64. The molecule has 3 rings (SSSR count). The number of hydrogen-bond donors (Lipinski definition) is 2. The molecule has 0 saturated carbocycles. The predicted molar refractivity (Wildman–Crippen MR) is 96.2 cm³/mol. The van der Waals surface area contributed by atoms with Gasteiger partial charge in [0.15, 0.2) is 0 Å². The Morgan fingerprint density at radius 2 is 2.00 bits per heavy atom. The van der Waals surface area contributed by atoms with Crippen molar-refractivity contribution in [2.75, 3.05) is 13.2 Å². The monoisotopic (exact) mass is 361 g/mol. The summed E-state index contributed by atoms with van der Waals surface area (Å²) in [5, 5.41) is 10.9. The Bertz CT molecular complexity index is 879. The fraction of sp³-hybridized carbons (Fsp3) is 0.368. The Labute approximate surface area is 148 Å². The van der Waals surface area contributed by atoms with Crippen LogP contribution in [0.3, 0.4) is 0 Å². The van der Waals surface area contributed by atoms with Gasteiger partial charge in [0.2, 0.25) is 10.0 Å². The molecule has 0 aliphatic heterocycles. The van der Waals surface area contributed by atoms with Crippen LogP contribution < -0.4 is 9.46 Å². The number of nitrogens with one attached hydrogen (secondary N) is 1. The van der Waals surface area contributed by atoms with Crippen LogP contribution >= 0.6 is 0 Å². The van der Waals surface area contributed by atoms with Gasteiger partial charge >= 0.3 is 0 Å². The van der Waals surface area contributed by atoms with Gasteiger partial charge in [-0.3, -0.25) is 0 Å². The lowest BCUT2D eigenvalue weighted by atomic mass is 9.96. The molecule has 0 fully saturated rings. The van der Waals surface area contributed by atoms with Crippen molar-refractivity contribution in [3.05, 3.63) is 59.2 Å². The van der Waals surface area contributed by atoms with Gasteiger partial charge < -0.3 is 9.84 Å². The van der Waals surface area contributed by atoms with Gasteiger partial charge in [0.25, 0.3) is 0 Å². The van der Waals surface area contributed by atoms with E-state index >= 15 is 0 Å². The summed E-state index contributed by atoms with van der Waals surface area (Å²) < 4.78 is 33.2. The van der Waals surface area contributed by atoms with E-state index < -0.39 is 15.6 Å². The zero-order chi connectivity index (χ0) is 18.1. The molecular weight excluding hydrogens is 338 g/mol. The van der Waals surface area contributed by atoms with Crippen LogP contribution in [0.15, 0.2) is 47.4 Å². The van der Waals surface area contributed by atoms with Gasteiger partial charge in [0, 0.05) is 6.54 Å². The molecule has 1 aliphatic carbocycles. The summed E-state index contributed by atoms with van der Waals surface area (Å²) in [4.78, 5) is 0.170. The first-order chi connectivity index (χ1) is 11.9. The van der Waals surface area contributed by atoms with Crippen LogP contribution in [0.2, 0.25) is 0 Å². The van der Waals surface area contributed by atoms with E-state index in [9.17, 15) is 13.5 Å². The summed E-state index contributed by atoms with van der Waals surface area (Å²) >= 11 is 0. The maximum absolute atomic E-state index is 12.6. The number of aliphatic hydroxyl groups is 1. The van der Waals surface area contributed by atoms with E-state index in [1.807, 2.05) is 38.1 Å². The maximum Gasteiger partial charge on any atom is 0.240 e. The summed E-state index contributed by atoms with van der Waals surface area (Å²) in [5.41, 5.74) is 1.47. The minimum atomic E-state index is -3.71. The lowest BCUT2D eigenvalue weighted by Crippen LogP contribution is -2.39. The molecule has 0 amide bonds. The topological polar surface area (TPSA) is 75.6 Å². The molecule has 6 heteroatoms. The molecule has 1 aliphatic rings. The number of benzene rings is 2. The third kappa shape index (κ3) is 3.56. The smallest absolute Gasteiger partial charge is 0.240 e. The van der Waals surface area contributed by atoms with Crippen LogP contribution in [0.1, 0.15) is 30.0 Å². The first-order valence-corrected chi connectivity index (χ1v) is 9.88. The Morgan fingerprint density at radius 3 is 2.72 bits per heavy atom. The van der Waals surface area contributed by atoms with Gasteiger partial charge in [0.1, 0.15) is 11.4 Å². The van der Waals surface area contributed by atoms with Crippen LogP contribution in [0.5, 0.6) is 5.75 Å². The highest BCUT2D eigenvalue weighted by atomic mass is 32.2. The zero-order valence-electron chi connectivity index (χ0n) is 14.5. The normalized spacial score (nSPS) is 19.6. The molecule has 0 heterocycles. The molecular formula is C19H23NO4S. The average molecular weight is 361 g/mol. The van der Waals surface area contributed by atoms with Crippen LogP contribution in [0.25, 0.3) is 0 Å². The van der Waals surface area contributed by atoms with E-state index in [0.717, 1.165) is 23.1 Å². The second-order valence-corrected chi connectivity index (χ2v) is 8.14. The second kappa shape index (κ2) is 6.78. The number of sulfonamides is 1. The van der Waals surface area contributed by atoms with Crippen molar-refractivity contribution in [1.29, 1.82) is 0 Å². The molecule has 1 unspecified atom stereocenters. The van der Waals surface area contributed by atoms with E-state index in [1.54, 1.807) is 12.1 Å². The van der Waals surface area contributed by atoms with Gasteiger partial charge in [-0.1, -0.05) is 24.3 Å². The van der Waals surface area contributed by atoms with Gasteiger partial charge in [0.05, 0.1) is 11.5 Å². The average Bonchev–Trinajstić information content (AvgIpc) is 2.93. The number of aryl methyl sites for hydroxylation is 2. The molecule has 0 aromatic heterocycles. The summed E-state index contributed by atoms with van der Waals surface area (Å²) in [6.07, 6.45) is 1.26. The minimum Gasteiger partial charge on any atom is -0.494 e. The second-order valence-electron chi connectivity index (χ2n) is 6.37. The molecule has 5 nitrogen and oxygen atoms in total. The fourth-order valence-corrected chi connectivity index (χ4v) is 4.43. The highest BCUT2D eigenvalue weighted by molar-refractivity contribution is 7.89. The molecule has 0 bridgehead atoms. The van der Waals surface area contributed by atoms with Crippen molar-refractivity contribution in [3.8, 4) is 5.75 Å². The highest BCUT2D eigenvalue weighted by Gasteiger charge is 2.37. The Morgan fingerprint density at radius 1 is 1.24 bits per heavy atom. The van der Waals surface area contributed by atoms with Gasteiger partial charge in [-0.25, -0.2) is 13.1 Å². The van der Waals surface area contributed by atoms with E-state index in [-0.39, 0.29) is 11.4 Å². The standard InChI is InChI=1S/C19H23NO4S/c1-3-24-18-9-8-16(12-14(18)2)25(22,23)20-13-19(21)11-10-15-6-4-5-7-17(15)19/h4-9,12,20-21H,3,10-11,13H2,1-2H3. The lowest BCUT2D eigenvalue weighted by Gasteiger charge is -2.24. The molecule has 2 aromatic carbocycles. The fourth-order valence-electron chi connectivity index (χ4n) is 3.26. The van der Waals surface area contributed by atoms with Gasteiger partial charge in [-0.15, -0.1) is 0 Å². The summed E-state index contributed by atoms with van der Waals surface area (Å²) in [5.74, 6) is 0.671. The van der Waals surface area contributed by atoms with Crippen LogP contribution in [-0.4, -0.2) is 26.7 Å². The molecule has 25 heavy (non-hydrogen) atoms. The quantitative estimate of drug-likeness (QED) is 0.829. The molecule has 0 saturated heterocycles. The molecule has 0 radical (unpaired) electrons. The van der Waals surface area contributed by atoms with Crippen molar-refractivity contribution in [3.63, 3.8) is 0 Å². The van der Waals surface area contributed by atoms with Gasteiger partial charge in [-0.2, -0.15) is 0 Å². The van der Waals surface area contributed by atoms with Crippen LogP contribution in [-0.2, 0) is 22.0 Å². The largest absolute Gasteiger partial charge is 0.494 e. The first-order valence-electron chi connectivity index (χ1n) is 8.39. The van der Waals surface area contributed by atoms with Crippen molar-refractivity contribution in [2.24, 2.45) is 0 Å².